The molecule has 3 aromatic carbocycles. The molecule has 3 aromatic rings. The van der Waals surface area contributed by atoms with Crippen LogP contribution >= 0.6 is 0 Å². The Morgan fingerprint density at radius 2 is 1.75 bits per heavy atom. The zero-order valence-corrected chi connectivity index (χ0v) is 16.5. The van der Waals surface area contributed by atoms with Crippen molar-refractivity contribution in [2.45, 2.75) is 19.5 Å². The molecule has 4 nitrogen and oxygen atoms in total. The van der Waals surface area contributed by atoms with Crippen LogP contribution in [0.1, 0.15) is 16.7 Å². The molecule has 144 valence electrons. The summed E-state index contributed by atoms with van der Waals surface area (Å²) in [5, 5.41) is 2.36. The lowest BCUT2D eigenvalue weighted by molar-refractivity contribution is -0.134. The summed E-state index contributed by atoms with van der Waals surface area (Å²) in [6.07, 6.45) is 0.907. The Bertz CT molecular complexity index is 997. The fraction of sp³-hybridized carbons (Fsp3) is 0.292. The second kappa shape index (κ2) is 8.03. The van der Waals surface area contributed by atoms with Crippen molar-refractivity contribution in [2.75, 3.05) is 27.2 Å². The van der Waals surface area contributed by atoms with E-state index < -0.39 is 0 Å². The van der Waals surface area contributed by atoms with Gasteiger partial charge in [-0.1, -0.05) is 54.6 Å². The van der Waals surface area contributed by atoms with E-state index in [1.807, 2.05) is 43.3 Å². The van der Waals surface area contributed by atoms with E-state index in [9.17, 15) is 4.79 Å². The van der Waals surface area contributed by atoms with Crippen LogP contribution in [0, 0.1) is 0 Å². The summed E-state index contributed by atoms with van der Waals surface area (Å²) in [7, 11) is 4.09. The topological polar surface area (TPSA) is 32.8 Å². The van der Waals surface area contributed by atoms with Crippen molar-refractivity contribution in [1.82, 2.24) is 9.80 Å². The SMILES string of the molecule is CN(C)Cc1c(OCC(=O)N2CCc3ccccc3C2)ccc2ccccc12. The molecule has 0 aliphatic carbocycles. The molecule has 4 heteroatoms. The molecule has 1 aliphatic rings. The van der Waals surface area contributed by atoms with E-state index in [0.29, 0.717) is 6.54 Å². The quantitative estimate of drug-likeness (QED) is 0.680. The smallest absolute Gasteiger partial charge is 0.260 e. The Morgan fingerprint density at radius 1 is 1.00 bits per heavy atom. The van der Waals surface area contributed by atoms with E-state index in [0.717, 1.165) is 30.8 Å². The van der Waals surface area contributed by atoms with Crippen LogP contribution < -0.4 is 4.74 Å². The van der Waals surface area contributed by atoms with Crippen molar-refractivity contribution in [3.8, 4) is 5.75 Å². The van der Waals surface area contributed by atoms with Gasteiger partial charge in [0.1, 0.15) is 5.75 Å². The van der Waals surface area contributed by atoms with Crippen LogP contribution in [0.3, 0.4) is 0 Å². The molecule has 1 aliphatic heterocycles. The number of nitrogens with zero attached hydrogens (tertiary/aromatic N) is 2. The van der Waals surface area contributed by atoms with Crippen LogP contribution in [0.15, 0.2) is 60.7 Å². The normalized spacial score (nSPS) is 13.6. The summed E-state index contributed by atoms with van der Waals surface area (Å²) in [5.74, 6) is 0.830. The van der Waals surface area contributed by atoms with Crippen molar-refractivity contribution in [3.05, 3.63) is 77.4 Å². The summed E-state index contributed by atoms with van der Waals surface area (Å²) in [6, 6.07) is 20.7. The van der Waals surface area contributed by atoms with E-state index in [4.69, 9.17) is 4.74 Å². The van der Waals surface area contributed by atoms with Gasteiger partial charge in [-0.3, -0.25) is 4.79 Å². The lowest BCUT2D eigenvalue weighted by Gasteiger charge is -2.29. The third-order valence-electron chi connectivity index (χ3n) is 5.31. The first-order chi connectivity index (χ1) is 13.6. The van der Waals surface area contributed by atoms with Crippen LogP contribution in [0.4, 0.5) is 0 Å². The molecule has 4 rings (SSSR count). The van der Waals surface area contributed by atoms with Gasteiger partial charge in [0, 0.05) is 25.2 Å². The highest BCUT2D eigenvalue weighted by molar-refractivity contribution is 5.88. The minimum Gasteiger partial charge on any atom is -0.483 e. The lowest BCUT2D eigenvalue weighted by Crippen LogP contribution is -2.38. The molecular weight excluding hydrogens is 348 g/mol. The third-order valence-corrected chi connectivity index (χ3v) is 5.31. The molecule has 0 atom stereocenters. The number of hydrogen-bond donors (Lipinski definition) is 0. The summed E-state index contributed by atoms with van der Waals surface area (Å²) >= 11 is 0. The highest BCUT2D eigenvalue weighted by atomic mass is 16.5. The second-order valence-corrected chi connectivity index (χ2v) is 7.62. The van der Waals surface area contributed by atoms with Crippen molar-refractivity contribution in [1.29, 1.82) is 0 Å². The first-order valence-electron chi connectivity index (χ1n) is 9.74. The maximum atomic E-state index is 12.8. The number of ether oxygens (including phenoxy) is 1. The highest BCUT2D eigenvalue weighted by Crippen LogP contribution is 2.29. The standard InChI is InChI=1S/C24H26N2O2/c1-25(2)16-22-21-10-6-5-8-19(21)11-12-23(22)28-17-24(27)26-14-13-18-7-3-4-9-20(18)15-26/h3-12H,13-17H2,1-2H3. The van der Waals surface area contributed by atoms with Crippen molar-refractivity contribution < 1.29 is 9.53 Å². The number of amides is 1. The summed E-state index contributed by atoms with van der Waals surface area (Å²) in [6.45, 7) is 2.25. The van der Waals surface area contributed by atoms with Crippen LogP contribution in [0.2, 0.25) is 0 Å². The Labute approximate surface area is 166 Å². The maximum absolute atomic E-state index is 12.8. The summed E-state index contributed by atoms with van der Waals surface area (Å²) in [4.78, 5) is 16.8. The Kier molecular flexibility index (Phi) is 5.31. The third kappa shape index (κ3) is 3.87. The number of fused-ring (bicyclic) bond motifs is 2. The van der Waals surface area contributed by atoms with E-state index in [1.165, 1.54) is 21.9 Å². The molecule has 0 fully saturated rings. The molecule has 0 unspecified atom stereocenters. The van der Waals surface area contributed by atoms with Gasteiger partial charge in [-0.25, -0.2) is 0 Å². The average molecular weight is 374 g/mol. The number of carbonyl (C=O) groups is 1. The van der Waals surface area contributed by atoms with Gasteiger partial charge in [-0.15, -0.1) is 0 Å². The number of rotatable bonds is 5. The van der Waals surface area contributed by atoms with Crippen molar-refractivity contribution in [3.63, 3.8) is 0 Å². The molecule has 0 saturated heterocycles. The zero-order valence-electron chi connectivity index (χ0n) is 16.5. The van der Waals surface area contributed by atoms with E-state index >= 15 is 0 Å². The van der Waals surface area contributed by atoms with Gasteiger partial charge in [-0.2, -0.15) is 0 Å². The minimum absolute atomic E-state index is 0.0402. The molecule has 1 heterocycles. The Hall–Kier alpha value is -2.85. The predicted molar refractivity (Wildman–Crippen MR) is 112 cm³/mol. The van der Waals surface area contributed by atoms with Crippen LogP contribution in [-0.4, -0.2) is 43.0 Å². The van der Waals surface area contributed by atoms with E-state index in [2.05, 4.69) is 41.3 Å². The number of carbonyl (C=O) groups excluding carboxylic acids is 1. The monoisotopic (exact) mass is 374 g/mol. The van der Waals surface area contributed by atoms with Crippen LogP contribution in [-0.2, 0) is 24.3 Å². The summed E-state index contributed by atoms with van der Waals surface area (Å²) in [5.41, 5.74) is 3.70. The maximum Gasteiger partial charge on any atom is 0.260 e. The van der Waals surface area contributed by atoms with Gasteiger partial charge >= 0.3 is 0 Å². The van der Waals surface area contributed by atoms with Gasteiger partial charge in [0.2, 0.25) is 0 Å². The molecule has 0 spiro atoms. The minimum atomic E-state index is 0.0402. The highest BCUT2D eigenvalue weighted by Gasteiger charge is 2.21. The predicted octanol–water partition coefficient (Wildman–Crippen LogP) is 3.87. The van der Waals surface area contributed by atoms with Crippen LogP contribution in [0.5, 0.6) is 5.75 Å². The van der Waals surface area contributed by atoms with Crippen LogP contribution in [0.25, 0.3) is 10.8 Å². The molecule has 0 aromatic heterocycles. The zero-order chi connectivity index (χ0) is 19.5. The summed E-state index contributed by atoms with van der Waals surface area (Å²) < 4.78 is 6.03. The van der Waals surface area contributed by atoms with Crippen molar-refractivity contribution in [2.24, 2.45) is 0 Å². The first kappa shape index (κ1) is 18.5. The van der Waals surface area contributed by atoms with Crippen molar-refractivity contribution >= 4 is 16.7 Å². The Balaban J connectivity index is 1.50. The molecule has 28 heavy (non-hydrogen) atoms. The van der Waals surface area contributed by atoms with Gasteiger partial charge in [0.25, 0.3) is 5.91 Å². The molecule has 0 N–H and O–H groups in total. The number of benzene rings is 3. The van der Waals surface area contributed by atoms with E-state index in [1.54, 1.807) is 0 Å². The molecule has 1 amide bonds. The average Bonchev–Trinajstić information content (AvgIpc) is 2.72. The lowest BCUT2D eigenvalue weighted by atomic mass is 10.00. The molecule has 0 radical (unpaired) electrons. The number of hydrogen-bond acceptors (Lipinski definition) is 3. The first-order valence-corrected chi connectivity index (χ1v) is 9.74. The van der Waals surface area contributed by atoms with Gasteiger partial charge in [0.15, 0.2) is 6.61 Å². The fourth-order valence-corrected chi connectivity index (χ4v) is 3.87. The Morgan fingerprint density at radius 3 is 2.57 bits per heavy atom. The molecule has 0 bridgehead atoms. The second-order valence-electron chi connectivity index (χ2n) is 7.62. The van der Waals surface area contributed by atoms with Gasteiger partial charge in [0.05, 0.1) is 0 Å². The van der Waals surface area contributed by atoms with Gasteiger partial charge < -0.3 is 14.5 Å². The van der Waals surface area contributed by atoms with Gasteiger partial charge in [-0.05, 0) is 48.5 Å². The molecule has 0 saturated carbocycles. The largest absolute Gasteiger partial charge is 0.483 e. The van der Waals surface area contributed by atoms with E-state index in [-0.39, 0.29) is 12.5 Å². The molecular formula is C24H26N2O2. The fourth-order valence-electron chi connectivity index (χ4n) is 3.87.